The van der Waals surface area contributed by atoms with Gasteiger partial charge in [-0.2, -0.15) is 0 Å². The van der Waals surface area contributed by atoms with Crippen LogP contribution in [0.3, 0.4) is 0 Å². The van der Waals surface area contributed by atoms with Crippen LogP contribution in [0, 0.1) is 5.41 Å². The highest BCUT2D eigenvalue weighted by Crippen LogP contribution is 2.36. The molecular weight excluding hydrogens is 220 g/mol. The number of nitrogens with one attached hydrogen (secondary N) is 2. The van der Waals surface area contributed by atoms with Crippen LogP contribution in [0.25, 0.3) is 0 Å². The van der Waals surface area contributed by atoms with Gasteiger partial charge in [-0.15, -0.1) is 0 Å². The minimum absolute atomic E-state index is 0.0730. The third-order valence-corrected chi connectivity index (χ3v) is 3.18. The van der Waals surface area contributed by atoms with E-state index in [9.17, 15) is 9.59 Å². The Morgan fingerprint density at radius 3 is 2.47 bits per heavy atom. The summed E-state index contributed by atoms with van der Waals surface area (Å²) in [5.74, 6) is -0.408. The van der Waals surface area contributed by atoms with Crippen LogP contribution in [0.15, 0.2) is 0 Å². The van der Waals surface area contributed by atoms with Crippen molar-refractivity contribution in [2.75, 3.05) is 19.7 Å². The van der Waals surface area contributed by atoms with E-state index in [1.807, 2.05) is 0 Å². The first-order valence-electron chi connectivity index (χ1n) is 6.23. The van der Waals surface area contributed by atoms with Crippen LogP contribution >= 0.6 is 0 Å². The number of ether oxygens (including phenoxy) is 1. The van der Waals surface area contributed by atoms with Crippen molar-refractivity contribution in [1.82, 2.24) is 10.6 Å². The van der Waals surface area contributed by atoms with Crippen LogP contribution in [0.1, 0.15) is 39.5 Å². The summed E-state index contributed by atoms with van der Waals surface area (Å²) in [7, 11) is 0. The normalized spacial score (nSPS) is 17.5. The summed E-state index contributed by atoms with van der Waals surface area (Å²) in [6, 6.07) is -0.300. The molecular formula is C12H22N2O3. The second kappa shape index (κ2) is 6.47. The summed E-state index contributed by atoms with van der Waals surface area (Å²) < 4.78 is 4.71. The number of hydrogen-bond acceptors (Lipinski definition) is 3. The Hall–Kier alpha value is -1.26. The highest BCUT2D eigenvalue weighted by atomic mass is 16.5. The second-order valence-electron chi connectivity index (χ2n) is 4.86. The summed E-state index contributed by atoms with van der Waals surface area (Å²) in [5.41, 5.74) is 0.223. The van der Waals surface area contributed by atoms with Crippen molar-refractivity contribution in [1.29, 1.82) is 0 Å². The van der Waals surface area contributed by atoms with Gasteiger partial charge < -0.3 is 15.4 Å². The largest absolute Gasteiger partial charge is 0.465 e. The maximum absolute atomic E-state index is 11.4. The molecule has 1 fully saturated rings. The van der Waals surface area contributed by atoms with Crippen LogP contribution < -0.4 is 10.6 Å². The minimum Gasteiger partial charge on any atom is -0.465 e. The SMILES string of the molecule is CCOC(=O)CNC(=O)NCC1(C)CCCC1. The average molecular weight is 242 g/mol. The van der Waals surface area contributed by atoms with Crippen LogP contribution in [0.5, 0.6) is 0 Å². The van der Waals surface area contributed by atoms with E-state index in [0.717, 1.165) is 12.8 Å². The molecule has 2 amide bonds. The molecule has 0 aromatic rings. The second-order valence-corrected chi connectivity index (χ2v) is 4.86. The van der Waals surface area contributed by atoms with Crippen LogP contribution in [-0.4, -0.2) is 31.7 Å². The van der Waals surface area contributed by atoms with Crippen LogP contribution in [0.2, 0.25) is 0 Å². The molecule has 0 bridgehead atoms. The number of esters is 1. The van der Waals surface area contributed by atoms with Gasteiger partial charge in [0.15, 0.2) is 0 Å². The van der Waals surface area contributed by atoms with Crippen molar-refractivity contribution < 1.29 is 14.3 Å². The fourth-order valence-corrected chi connectivity index (χ4v) is 2.13. The zero-order valence-electron chi connectivity index (χ0n) is 10.7. The van der Waals surface area contributed by atoms with Crippen molar-refractivity contribution in [3.63, 3.8) is 0 Å². The fraction of sp³-hybridized carbons (Fsp3) is 0.833. The van der Waals surface area contributed by atoms with Crippen molar-refractivity contribution in [3.8, 4) is 0 Å². The Bertz CT molecular complexity index is 273. The lowest BCUT2D eigenvalue weighted by molar-refractivity contribution is -0.141. The number of urea groups is 1. The standard InChI is InChI=1S/C12H22N2O3/c1-3-17-10(15)8-13-11(16)14-9-12(2)6-4-5-7-12/h3-9H2,1-2H3,(H2,13,14,16). The quantitative estimate of drug-likeness (QED) is 0.717. The predicted octanol–water partition coefficient (Wildman–Crippen LogP) is 1.43. The third-order valence-electron chi connectivity index (χ3n) is 3.18. The molecule has 1 aliphatic rings. The number of rotatable bonds is 5. The summed E-state index contributed by atoms with van der Waals surface area (Å²) >= 11 is 0. The van der Waals surface area contributed by atoms with Gasteiger partial charge in [0.25, 0.3) is 0 Å². The number of amides is 2. The van der Waals surface area contributed by atoms with Crippen molar-refractivity contribution in [2.45, 2.75) is 39.5 Å². The molecule has 98 valence electrons. The molecule has 0 atom stereocenters. The molecule has 0 unspecified atom stereocenters. The Kier molecular flexibility index (Phi) is 5.25. The van der Waals surface area contributed by atoms with Crippen molar-refractivity contribution in [3.05, 3.63) is 0 Å². The number of hydrogen-bond donors (Lipinski definition) is 2. The molecule has 17 heavy (non-hydrogen) atoms. The number of carbonyl (C=O) groups excluding carboxylic acids is 2. The first-order valence-corrected chi connectivity index (χ1v) is 6.23. The topological polar surface area (TPSA) is 67.4 Å². The average Bonchev–Trinajstić information content (AvgIpc) is 2.72. The lowest BCUT2D eigenvalue weighted by Gasteiger charge is -2.23. The van der Waals surface area contributed by atoms with E-state index in [1.165, 1.54) is 12.8 Å². The number of carbonyl (C=O) groups is 2. The lowest BCUT2D eigenvalue weighted by atomic mass is 9.89. The molecule has 1 rings (SSSR count). The lowest BCUT2D eigenvalue weighted by Crippen LogP contribution is -2.42. The summed E-state index contributed by atoms with van der Waals surface area (Å²) in [6.45, 7) is 4.85. The van der Waals surface area contributed by atoms with Crippen LogP contribution in [-0.2, 0) is 9.53 Å². The van der Waals surface area contributed by atoms with Crippen LogP contribution in [0.4, 0.5) is 4.79 Å². The van der Waals surface area contributed by atoms with E-state index in [0.29, 0.717) is 13.2 Å². The molecule has 0 aromatic heterocycles. The molecule has 1 aliphatic carbocycles. The highest BCUT2D eigenvalue weighted by Gasteiger charge is 2.28. The molecule has 1 saturated carbocycles. The molecule has 0 saturated heterocycles. The summed E-state index contributed by atoms with van der Waals surface area (Å²) in [4.78, 5) is 22.4. The van der Waals surface area contributed by atoms with Gasteiger partial charge in [0.05, 0.1) is 6.61 Å². The molecule has 5 heteroatoms. The molecule has 2 N–H and O–H groups in total. The predicted molar refractivity (Wildman–Crippen MR) is 64.6 cm³/mol. The van der Waals surface area contributed by atoms with E-state index in [-0.39, 0.29) is 18.0 Å². The van der Waals surface area contributed by atoms with E-state index in [2.05, 4.69) is 17.6 Å². The van der Waals surface area contributed by atoms with E-state index < -0.39 is 5.97 Å². The molecule has 0 aliphatic heterocycles. The molecule has 5 nitrogen and oxygen atoms in total. The monoisotopic (exact) mass is 242 g/mol. The van der Waals surface area contributed by atoms with E-state index in [4.69, 9.17) is 4.74 Å². The van der Waals surface area contributed by atoms with E-state index in [1.54, 1.807) is 6.92 Å². The van der Waals surface area contributed by atoms with Crippen molar-refractivity contribution >= 4 is 12.0 Å². The Labute approximate surface area is 102 Å². The maximum Gasteiger partial charge on any atom is 0.325 e. The third kappa shape index (κ3) is 5.06. The maximum atomic E-state index is 11.4. The Balaban J connectivity index is 2.14. The van der Waals surface area contributed by atoms with Gasteiger partial charge in [0.2, 0.25) is 0 Å². The molecule has 0 radical (unpaired) electrons. The van der Waals surface area contributed by atoms with Gasteiger partial charge in [-0.3, -0.25) is 4.79 Å². The summed E-state index contributed by atoms with van der Waals surface area (Å²) in [6.07, 6.45) is 4.79. The molecule has 0 heterocycles. The zero-order chi connectivity index (χ0) is 12.7. The first kappa shape index (κ1) is 13.8. The fourth-order valence-electron chi connectivity index (χ4n) is 2.13. The first-order chi connectivity index (χ1) is 8.06. The molecule has 0 aromatic carbocycles. The van der Waals surface area contributed by atoms with Gasteiger partial charge in [0, 0.05) is 6.54 Å². The van der Waals surface area contributed by atoms with Gasteiger partial charge >= 0.3 is 12.0 Å². The smallest absolute Gasteiger partial charge is 0.325 e. The van der Waals surface area contributed by atoms with Gasteiger partial charge in [-0.25, -0.2) is 4.79 Å². The minimum atomic E-state index is -0.408. The van der Waals surface area contributed by atoms with Gasteiger partial charge in [0.1, 0.15) is 6.54 Å². The Morgan fingerprint density at radius 2 is 1.88 bits per heavy atom. The van der Waals surface area contributed by atoms with E-state index >= 15 is 0 Å². The summed E-state index contributed by atoms with van der Waals surface area (Å²) in [5, 5.41) is 5.29. The van der Waals surface area contributed by atoms with Gasteiger partial charge in [-0.05, 0) is 25.2 Å². The highest BCUT2D eigenvalue weighted by molar-refractivity contribution is 5.80. The van der Waals surface area contributed by atoms with Crippen molar-refractivity contribution in [2.24, 2.45) is 5.41 Å². The molecule has 0 spiro atoms. The Morgan fingerprint density at radius 1 is 1.24 bits per heavy atom. The van der Waals surface area contributed by atoms with Gasteiger partial charge in [-0.1, -0.05) is 19.8 Å². The zero-order valence-corrected chi connectivity index (χ0v) is 10.7.